The van der Waals surface area contributed by atoms with Crippen molar-refractivity contribution in [2.24, 2.45) is 0 Å². The van der Waals surface area contributed by atoms with Crippen LogP contribution in [0.1, 0.15) is 24.3 Å². The highest BCUT2D eigenvalue weighted by atomic mass is 32.2. The van der Waals surface area contributed by atoms with Crippen molar-refractivity contribution in [2.75, 3.05) is 32.9 Å². The van der Waals surface area contributed by atoms with E-state index in [-0.39, 0.29) is 18.4 Å². The SMILES string of the molecule is CN(CC(=O)N1CCC[C@@H](c2cn[nH]c2)C1)S(C)(=O)=O. The quantitative estimate of drug-likeness (QED) is 0.848. The van der Waals surface area contributed by atoms with Crippen LogP contribution >= 0.6 is 0 Å². The van der Waals surface area contributed by atoms with E-state index in [1.807, 2.05) is 6.20 Å². The van der Waals surface area contributed by atoms with Gasteiger partial charge in [-0.15, -0.1) is 0 Å². The van der Waals surface area contributed by atoms with E-state index in [0.29, 0.717) is 13.1 Å². The van der Waals surface area contributed by atoms with E-state index >= 15 is 0 Å². The lowest BCUT2D eigenvalue weighted by Gasteiger charge is -2.33. The van der Waals surface area contributed by atoms with E-state index in [9.17, 15) is 13.2 Å². The Morgan fingerprint density at radius 3 is 2.95 bits per heavy atom. The van der Waals surface area contributed by atoms with Gasteiger partial charge in [-0.3, -0.25) is 9.89 Å². The molecule has 112 valence electrons. The summed E-state index contributed by atoms with van der Waals surface area (Å²) in [5.74, 6) is 0.126. The molecule has 0 unspecified atom stereocenters. The number of carbonyl (C=O) groups is 1. The minimum Gasteiger partial charge on any atom is -0.341 e. The number of likely N-dealkylation sites (tertiary alicyclic amines) is 1. The van der Waals surface area contributed by atoms with Gasteiger partial charge in [0.2, 0.25) is 15.9 Å². The Labute approximate surface area is 119 Å². The third-order valence-corrected chi connectivity index (χ3v) is 4.95. The summed E-state index contributed by atoms with van der Waals surface area (Å²) in [6, 6.07) is 0. The number of nitrogens with one attached hydrogen (secondary N) is 1. The van der Waals surface area contributed by atoms with Gasteiger partial charge in [0.05, 0.1) is 19.0 Å². The maximum Gasteiger partial charge on any atom is 0.237 e. The molecule has 1 amide bonds. The largest absolute Gasteiger partial charge is 0.341 e. The number of rotatable bonds is 4. The normalized spacial score (nSPS) is 20.4. The Balaban J connectivity index is 1.97. The number of aromatic nitrogens is 2. The van der Waals surface area contributed by atoms with Crippen molar-refractivity contribution >= 4 is 15.9 Å². The smallest absolute Gasteiger partial charge is 0.237 e. The van der Waals surface area contributed by atoms with Gasteiger partial charge in [0, 0.05) is 32.3 Å². The first kappa shape index (κ1) is 15.0. The molecule has 1 N–H and O–H groups in total. The fourth-order valence-corrected chi connectivity index (χ4v) is 2.71. The van der Waals surface area contributed by atoms with Crippen molar-refractivity contribution in [3.8, 4) is 0 Å². The summed E-state index contributed by atoms with van der Waals surface area (Å²) < 4.78 is 23.8. The standard InChI is InChI=1S/C12H20N4O3S/c1-15(20(2,18)19)9-12(17)16-5-3-4-10(8-16)11-6-13-14-7-11/h6-7,10H,3-5,8-9H2,1-2H3,(H,13,14)/t10-/m1/s1. The average molecular weight is 300 g/mol. The van der Waals surface area contributed by atoms with Crippen LogP contribution in [0.5, 0.6) is 0 Å². The summed E-state index contributed by atoms with van der Waals surface area (Å²) in [5, 5.41) is 6.71. The summed E-state index contributed by atoms with van der Waals surface area (Å²) in [6.45, 7) is 1.21. The highest BCUT2D eigenvalue weighted by Gasteiger charge is 2.27. The summed E-state index contributed by atoms with van der Waals surface area (Å²) in [6.07, 6.45) is 6.67. The van der Waals surface area contributed by atoms with Crippen LogP contribution in [0, 0.1) is 0 Å². The van der Waals surface area contributed by atoms with Crippen LogP contribution in [0.25, 0.3) is 0 Å². The first-order valence-corrected chi connectivity index (χ1v) is 8.40. The Morgan fingerprint density at radius 1 is 1.60 bits per heavy atom. The molecular weight excluding hydrogens is 280 g/mol. The van der Waals surface area contributed by atoms with Crippen molar-refractivity contribution in [3.63, 3.8) is 0 Å². The van der Waals surface area contributed by atoms with Crippen molar-refractivity contribution in [1.29, 1.82) is 0 Å². The van der Waals surface area contributed by atoms with Gasteiger partial charge in [-0.05, 0) is 18.4 Å². The second kappa shape index (κ2) is 5.92. The highest BCUT2D eigenvalue weighted by molar-refractivity contribution is 7.88. The van der Waals surface area contributed by atoms with Crippen LogP contribution in [-0.4, -0.2) is 66.7 Å². The third-order valence-electron chi connectivity index (χ3n) is 3.69. The number of aromatic amines is 1. The monoisotopic (exact) mass is 300 g/mol. The zero-order valence-corrected chi connectivity index (χ0v) is 12.6. The molecular formula is C12H20N4O3S. The Hall–Kier alpha value is -1.41. The average Bonchev–Trinajstić information content (AvgIpc) is 2.91. The number of carbonyl (C=O) groups excluding carboxylic acids is 1. The molecule has 1 aliphatic rings. The van der Waals surface area contributed by atoms with E-state index in [1.54, 1.807) is 11.1 Å². The van der Waals surface area contributed by atoms with E-state index in [0.717, 1.165) is 29.0 Å². The lowest BCUT2D eigenvalue weighted by Crippen LogP contribution is -2.44. The molecule has 8 heteroatoms. The molecule has 20 heavy (non-hydrogen) atoms. The second-order valence-electron chi connectivity index (χ2n) is 5.23. The van der Waals surface area contributed by atoms with Gasteiger partial charge in [-0.2, -0.15) is 9.40 Å². The van der Waals surface area contributed by atoms with Crippen LogP contribution in [0.4, 0.5) is 0 Å². The van der Waals surface area contributed by atoms with Crippen LogP contribution in [0.15, 0.2) is 12.4 Å². The van der Waals surface area contributed by atoms with Crippen molar-refractivity contribution in [2.45, 2.75) is 18.8 Å². The number of hydrogen-bond donors (Lipinski definition) is 1. The molecule has 0 aromatic carbocycles. The van der Waals surface area contributed by atoms with Gasteiger partial charge in [0.1, 0.15) is 0 Å². The first-order valence-electron chi connectivity index (χ1n) is 6.55. The summed E-state index contributed by atoms with van der Waals surface area (Å²) >= 11 is 0. The zero-order chi connectivity index (χ0) is 14.8. The molecule has 0 radical (unpaired) electrons. The molecule has 0 saturated carbocycles. The number of piperidine rings is 1. The van der Waals surface area contributed by atoms with Gasteiger partial charge < -0.3 is 4.90 Å². The molecule has 7 nitrogen and oxygen atoms in total. The maximum atomic E-state index is 12.2. The van der Waals surface area contributed by atoms with Crippen molar-refractivity contribution < 1.29 is 13.2 Å². The Kier molecular flexibility index (Phi) is 4.44. The van der Waals surface area contributed by atoms with Gasteiger partial charge in [0.25, 0.3) is 0 Å². The van der Waals surface area contributed by atoms with E-state index < -0.39 is 10.0 Å². The number of amides is 1. The van der Waals surface area contributed by atoms with Gasteiger partial charge in [-0.1, -0.05) is 0 Å². The lowest BCUT2D eigenvalue weighted by atomic mass is 9.93. The fraction of sp³-hybridized carbons (Fsp3) is 0.667. The first-order chi connectivity index (χ1) is 9.38. The lowest BCUT2D eigenvalue weighted by molar-refractivity contribution is -0.132. The summed E-state index contributed by atoms with van der Waals surface area (Å²) in [5.41, 5.74) is 1.10. The van der Waals surface area contributed by atoms with Crippen LogP contribution < -0.4 is 0 Å². The second-order valence-corrected chi connectivity index (χ2v) is 7.32. The summed E-state index contributed by atoms with van der Waals surface area (Å²) in [4.78, 5) is 13.9. The topological polar surface area (TPSA) is 86.4 Å². The maximum absolute atomic E-state index is 12.2. The number of likely N-dealkylation sites (N-methyl/N-ethyl adjacent to an activating group) is 1. The molecule has 1 aromatic rings. The molecule has 0 aliphatic carbocycles. The number of H-pyrrole nitrogens is 1. The molecule has 1 aliphatic heterocycles. The van der Waals surface area contributed by atoms with Crippen molar-refractivity contribution in [3.05, 3.63) is 18.0 Å². The predicted molar refractivity (Wildman–Crippen MR) is 74.6 cm³/mol. The molecule has 1 aromatic heterocycles. The minimum absolute atomic E-state index is 0.100. The van der Waals surface area contributed by atoms with Crippen molar-refractivity contribution in [1.82, 2.24) is 19.4 Å². The van der Waals surface area contributed by atoms with Gasteiger partial charge >= 0.3 is 0 Å². The van der Waals surface area contributed by atoms with Gasteiger partial charge in [-0.25, -0.2) is 8.42 Å². The Bertz CT molecular complexity index is 555. The molecule has 0 bridgehead atoms. The van der Waals surface area contributed by atoms with E-state index in [1.165, 1.54) is 7.05 Å². The Morgan fingerprint density at radius 2 is 2.35 bits per heavy atom. The molecule has 2 rings (SSSR count). The fourth-order valence-electron chi connectivity index (χ4n) is 2.37. The molecule has 1 atom stereocenters. The number of nitrogens with zero attached hydrogens (tertiary/aromatic N) is 3. The zero-order valence-electron chi connectivity index (χ0n) is 11.7. The van der Waals surface area contributed by atoms with E-state index in [2.05, 4.69) is 10.2 Å². The van der Waals surface area contributed by atoms with Gasteiger partial charge in [0.15, 0.2) is 0 Å². The molecule has 0 spiro atoms. The number of hydrogen-bond acceptors (Lipinski definition) is 4. The van der Waals surface area contributed by atoms with Crippen LogP contribution in [0.3, 0.4) is 0 Å². The minimum atomic E-state index is -3.32. The number of sulfonamides is 1. The van der Waals surface area contributed by atoms with Crippen LogP contribution in [-0.2, 0) is 14.8 Å². The van der Waals surface area contributed by atoms with E-state index in [4.69, 9.17) is 0 Å². The highest BCUT2D eigenvalue weighted by Crippen LogP contribution is 2.26. The van der Waals surface area contributed by atoms with Crippen LogP contribution in [0.2, 0.25) is 0 Å². The molecule has 1 saturated heterocycles. The summed E-state index contributed by atoms with van der Waals surface area (Å²) in [7, 11) is -1.90. The third kappa shape index (κ3) is 3.57. The molecule has 2 heterocycles. The predicted octanol–water partition coefficient (Wildman–Crippen LogP) is 0.00710. The molecule has 1 fully saturated rings.